The van der Waals surface area contributed by atoms with Gasteiger partial charge in [0.2, 0.25) is 11.8 Å². The number of hydrogen-bond acceptors (Lipinski definition) is 8. The molecular formula is C24H24N6O4. The Kier molecular flexibility index (Phi) is 5.02. The van der Waals surface area contributed by atoms with E-state index in [-0.39, 0.29) is 24.1 Å². The Morgan fingerprint density at radius 2 is 1.94 bits per heavy atom. The Hall–Kier alpha value is -3.79. The minimum atomic E-state index is -0.586. The Bertz CT molecular complexity index is 1300. The maximum atomic E-state index is 12.9. The van der Waals surface area contributed by atoms with E-state index in [2.05, 4.69) is 31.3 Å². The van der Waals surface area contributed by atoms with Crippen molar-refractivity contribution in [2.45, 2.75) is 32.0 Å². The number of nitrogens with one attached hydrogen (secondary N) is 1. The zero-order valence-electron chi connectivity index (χ0n) is 18.6. The smallest absolute Gasteiger partial charge is 0.255 e. The molecule has 6 rings (SSSR count). The number of amides is 3. The van der Waals surface area contributed by atoms with Gasteiger partial charge in [-0.1, -0.05) is 17.3 Å². The van der Waals surface area contributed by atoms with Gasteiger partial charge in [0, 0.05) is 69.7 Å². The highest BCUT2D eigenvalue weighted by Gasteiger charge is 2.39. The largest absolute Gasteiger partial charge is 0.354 e. The first-order valence-corrected chi connectivity index (χ1v) is 11.5. The molecule has 0 bridgehead atoms. The molecule has 10 nitrogen and oxygen atoms in total. The average Bonchev–Trinajstić information content (AvgIpc) is 3.41. The monoisotopic (exact) mass is 460 g/mol. The van der Waals surface area contributed by atoms with Crippen molar-refractivity contribution in [3.8, 4) is 0 Å². The van der Waals surface area contributed by atoms with E-state index in [4.69, 9.17) is 4.52 Å². The van der Waals surface area contributed by atoms with Gasteiger partial charge in [0.15, 0.2) is 11.4 Å². The SMILES string of the molecule is O=C1CCC(N2Cc3cc(CN4CCN(c5noc6ccncc56)CC4)ccc3C2=O)C(=O)N1. The zero-order chi connectivity index (χ0) is 23.2. The molecule has 3 aliphatic heterocycles. The third kappa shape index (κ3) is 3.60. The van der Waals surface area contributed by atoms with Crippen LogP contribution in [0, 0.1) is 0 Å². The van der Waals surface area contributed by atoms with Crippen molar-refractivity contribution < 1.29 is 18.9 Å². The van der Waals surface area contributed by atoms with Gasteiger partial charge in [-0.25, -0.2) is 0 Å². The molecule has 1 unspecified atom stereocenters. The second-order valence-corrected chi connectivity index (χ2v) is 9.03. The second kappa shape index (κ2) is 8.21. The lowest BCUT2D eigenvalue weighted by molar-refractivity contribution is -0.136. The summed E-state index contributed by atoms with van der Waals surface area (Å²) in [5, 5.41) is 7.51. The number of pyridine rings is 1. The maximum absolute atomic E-state index is 12.9. The molecule has 10 heteroatoms. The van der Waals surface area contributed by atoms with Crippen LogP contribution in [0.3, 0.4) is 0 Å². The lowest BCUT2D eigenvalue weighted by atomic mass is 10.0. The van der Waals surface area contributed by atoms with Gasteiger partial charge in [-0.15, -0.1) is 0 Å². The fourth-order valence-electron chi connectivity index (χ4n) is 5.10. The number of benzene rings is 1. The molecule has 5 heterocycles. The molecule has 3 aliphatic rings. The van der Waals surface area contributed by atoms with Crippen LogP contribution in [0.5, 0.6) is 0 Å². The van der Waals surface area contributed by atoms with Gasteiger partial charge in [0.25, 0.3) is 5.91 Å². The maximum Gasteiger partial charge on any atom is 0.255 e. The zero-order valence-corrected chi connectivity index (χ0v) is 18.6. The summed E-state index contributed by atoms with van der Waals surface area (Å²) in [5.74, 6) is 0.0405. The van der Waals surface area contributed by atoms with Crippen LogP contribution in [0.1, 0.15) is 34.3 Å². The first-order valence-electron chi connectivity index (χ1n) is 11.5. The standard InChI is InChI=1S/C24H24N6O4/c31-21-4-3-19(23(32)26-21)30-14-16-11-15(1-2-17(16)24(30)33)13-28-7-9-29(10-8-28)22-18-12-25-6-5-20(18)34-27-22/h1-2,5-6,11-12,19H,3-4,7-10,13-14H2,(H,26,31,32). The van der Waals surface area contributed by atoms with Crippen molar-refractivity contribution in [2.24, 2.45) is 0 Å². The molecule has 3 amide bonds. The predicted octanol–water partition coefficient (Wildman–Crippen LogP) is 1.31. The van der Waals surface area contributed by atoms with Crippen LogP contribution in [-0.4, -0.2) is 69.9 Å². The summed E-state index contributed by atoms with van der Waals surface area (Å²) in [4.78, 5) is 47.0. The average molecular weight is 460 g/mol. The summed E-state index contributed by atoms with van der Waals surface area (Å²) >= 11 is 0. The lowest BCUT2D eigenvalue weighted by Crippen LogP contribution is -2.52. The van der Waals surface area contributed by atoms with Crippen LogP contribution in [0.2, 0.25) is 0 Å². The van der Waals surface area contributed by atoms with Crippen LogP contribution >= 0.6 is 0 Å². The molecule has 34 heavy (non-hydrogen) atoms. The number of piperazine rings is 1. The molecule has 1 atom stereocenters. The van der Waals surface area contributed by atoms with E-state index in [9.17, 15) is 14.4 Å². The van der Waals surface area contributed by atoms with Crippen molar-refractivity contribution in [3.63, 3.8) is 0 Å². The summed E-state index contributed by atoms with van der Waals surface area (Å²) in [5.41, 5.74) is 3.46. The number of carbonyl (C=O) groups is 3. The van der Waals surface area contributed by atoms with Crippen molar-refractivity contribution in [2.75, 3.05) is 31.1 Å². The van der Waals surface area contributed by atoms with Crippen molar-refractivity contribution in [1.82, 2.24) is 25.3 Å². The van der Waals surface area contributed by atoms with Gasteiger partial charge < -0.3 is 14.3 Å². The number of carbonyl (C=O) groups excluding carboxylic acids is 3. The van der Waals surface area contributed by atoms with Crippen LogP contribution in [-0.2, 0) is 22.7 Å². The van der Waals surface area contributed by atoms with E-state index in [0.717, 1.165) is 60.6 Å². The summed E-state index contributed by atoms with van der Waals surface area (Å²) < 4.78 is 5.42. The lowest BCUT2D eigenvalue weighted by Gasteiger charge is -2.34. The molecule has 1 N–H and O–H groups in total. The fraction of sp³-hybridized carbons (Fsp3) is 0.375. The van der Waals surface area contributed by atoms with Crippen molar-refractivity contribution >= 4 is 34.5 Å². The molecule has 2 saturated heterocycles. The van der Waals surface area contributed by atoms with Crippen LogP contribution in [0.25, 0.3) is 11.0 Å². The molecule has 2 aromatic heterocycles. The highest BCUT2D eigenvalue weighted by Crippen LogP contribution is 2.29. The van der Waals surface area contributed by atoms with Gasteiger partial charge in [0.1, 0.15) is 6.04 Å². The highest BCUT2D eigenvalue weighted by atomic mass is 16.5. The van der Waals surface area contributed by atoms with Crippen molar-refractivity contribution in [3.05, 3.63) is 53.3 Å². The summed E-state index contributed by atoms with van der Waals surface area (Å²) in [7, 11) is 0. The quantitative estimate of drug-likeness (QED) is 0.580. The number of fused-ring (bicyclic) bond motifs is 2. The summed E-state index contributed by atoms with van der Waals surface area (Å²) in [6, 6.07) is 7.17. The second-order valence-electron chi connectivity index (χ2n) is 9.03. The summed E-state index contributed by atoms with van der Waals surface area (Å²) in [6.45, 7) is 4.62. The number of aromatic nitrogens is 2. The number of rotatable bonds is 4. The minimum Gasteiger partial charge on any atom is -0.354 e. The number of hydrogen-bond donors (Lipinski definition) is 1. The Morgan fingerprint density at radius 1 is 1.09 bits per heavy atom. The number of anilines is 1. The molecule has 174 valence electrons. The Morgan fingerprint density at radius 3 is 2.76 bits per heavy atom. The highest BCUT2D eigenvalue weighted by molar-refractivity contribution is 6.05. The first-order chi connectivity index (χ1) is 16.6. The molecule has 0 spiro atoms. The predicted molar refractivity (Wildman–Crippen MR) is 122 cm³/mol. The molecule has 0 aliphatic carbocycles. The molecule has 2 fully saturated rings. The van der Waals surface area contributed by atoms with E-state index < -0.39 is 6.04 Å². The van der Waals surface area contributed by atoms with E-state index >= 15 is 0 Å². The third-order valence-corrected chi connectivity index (χ3v) is 6.92. The third-order valence-electron chi connectivity index (χ3n) is 6.92. The Labute approximate surface area is 195 Å². The number of imide groups is 1. The summed E-state index contributed by atoms with van der Waals surface area (Å²) in [6.07, 6.45) is 4.12. The normalized spacial score (nSPS) is 21.3. The van der Waals surface area contributed by atoms with Gasteiger partial charge in [-0.2, -0.15) is 0 Å². The molecule has 0 saturated carbocycles. The van der Waals surface area contributed by atoms with E-state index in [1.807, 2.05) is 18.2 Å². The Balaban J connectivity index is 1.10. The van der Waals surface area contributed by atoms with Crippen LogP contribution in [0.4, 0.5) is 5.82 Å². The molecule has 0 radical (unpaired) electrons. The fourth-order valence-corrected chi connectivity index (χ4v) is 5.10. The van der Waals surface area contributed by atoms with Crippen LogP contribution < -0.4 is 10.2 Å². The van der Waals surface area contributed by atoms with Gasteiger partial charge in [0.05, 0.1) is 5.39 Å². The van der Waals surface area contributed by atoms with Gasteiger partial charge >= 0.3 is 0 Å². The first kappa shape index (κ1) is 20.8. The van der Waals surface area contributed by atoms with E-state index in [0.29, 0.717) is 18.5 Å². The van der Waals surface area contributed by atoms with Crippen molar-refractivity contribution in [1.29, 1.82) is 0 Å². The molecular weight excluding hydrogens is 436 g/mol. The van der Waals surface area contributed by atoms with Gasteiger partial charge in [-0.05, 0) is 23.6 Å². The topological polar surface area (TPSA) is 112 Å². The van der Waals surface area contributed by atoms with E-state index in [1.54, 1.807) is 17.3 Å². The molecule has 1 aromatic carbocycles. The molecule has 3 aromatic rings. The number of nitrogens with zero attached hydrogens (tertiary/aromatic N) is 5. The van der Waals surface area contributed by atoms with E-state index in [1.165, 1.54) is 0 Å². The minimum absolute atomic E-state index is 0.140. The number of piperidine rings is 1. The van der Waals surface area contributed by atoms with Crippen LogP contribution in [0.15, 0.2) is 41.2 Å². The van der Waals surface area contributed by atoms with Gasteiger partial charge in [-0.3, -0.25) is 29.6 Å².